The largest absolute Gasteiger partial charge is 0.252 e. The third-order valence-electron chi connectivity index (χ3n) is 4.74. The third-order valence-corrected chi connectivity index (χ3v) is 6.74. The fourth-order valence-electron chi connectivity index (χ4n) is 3.70. The molecule has 0 saturated carbocycles. The summed E-state index contributed by atoms with van der Waals surface area (Å²) in [7, 11) is 0. The molecule has 0 bridgehead atoms. The summed E-state index contributed by atoms with van der Waals surface area (Å²) in [6.07, 6.45) is 0. The van der Waals surface area contributed by atoms with E-state index >= 15 is 0 Å². The van der Waals surface area contributed by atoms with E-state index in [4.69, 9.17) is 4.98 Å². The number of aryl methyl sites for hydroxylation is 2. The Balaban J connectivity index is 2.05. The molecule has 3 aromatic heterocycles. The molecule has 0 unspecified atom stereocenters. The first-order valence-corrected chi connectivity index (χ1v) is 9.74. The van der Waals surface area contributed by atoms with Crippen LogP contribution in [0.1, 0.15) is 11.3 Å². The lowest BCUT2D eigenvalue weighted by Gasteiger charge is -2.14. The molecule has 0 saturated heterocycles. The summed E-state index contributed by atoms with van der Waals surface area (Å²) < 4.78 is 2.80. The van der Waals surface area contributed by atoms with Crippen LogP contribution in [0, 0.1) is 13.8 Å². The van der Waals surface area contributed by atoms with Crippen LogP contribution >= 0.6 is 22.7 Å². The Kier molecular flexibility index (Phi) is 3.02. The van der Waals surface area contributed by atoms with Gasteiger partial charge in [0, 0.05) is 27.4 Å². The second kappa shape index (κ2) is 5.13. The first-order valence-electron chi connectivity index (χ1n) is 7.98. The summed E-state index contributed by atoms with van der Waals surface area (Å²) in [5, 5.41) is 9.80. The van der Waals surface area contributed by atoms with Gasteiger partial charge in [-0.1, -0.05) is 30.3 Å². The van der Waals surface area contributed by atoms with Crippen molar-refractivity contribution in [3.05, 3.63) is 64.5 Å². The number of hydrogen-bond donors (Lipinski definition) is 0. The van der Waals surface area contributed by atoms with Gasteiger partial charge in [0.1, 0.15) is 0 Å². The van der Waals surface area contributed by atoms with Crippen molar-refractivity contribution in [3.63, 3.8) is 0 Å². The normalized spacial score (nSPS) is 11.8. The number of benzene rings is 2. The minimum atomic E-state index is 1.10. The molecule has 0 N–H and O–H groups in total. The first-order chi connectivity index (χ1) is 11.8. The molecular formula is C21H15NS2. The van der Waals surface area contributed by atoms with Crippen molar-refractivity contribution in [1.29, 1.82) is 0 Å². The highest BCUT2D eigenvalue weighted by molar-refractivity contribution is 7.25. The summed E-state index contributed by atoms with van der Waals surface area (Å²) >= 11 is 3.68. The molecule has 0 spiro atoms. The minimum Gasteiger partial charge on any atom is -0.252 e. The van der Waals surface area contributed by atoms with Gasteiger partial charge >= 0.3 is 0 Å². The van der Waals surface area contributed by atoms with Crippen LogP contribution in [-0.2, 0) is 0 Å². The van der Waals surface area contributed by atoms with Crippen molar-refractivity contribution in [2.24, 2.45) is 0 Å². The molecule has 0 aliphatic rings. The standard InChI is InChI=1S/C21H15NS2/c1-12-17-15-8-10-23-20(15)21-16(9-11-24-21)18(17)13(2)22-19(12)14-6-4-3-5-7-14/h3-11H,1-2H3. The number of thiophene rings is 2. The molecule has 0 amide bonds. The van der Waals surface area contributed by atoms with Crippen molar-refractivity contribution >= 4 is 53.6 Å². The molecule has 2 aromatic carbocycles. The molecule has 0 radical (unpaired) electrons. The number of fused-ring (bicyclic) bond motifs is 6. The van der Waals surface area contributed by atoms with Crippen LogP contribution in [0.2, 0.25) is 0 Å². The van der Waals surface area contributed by atoms with Gasteiger partial charge < -0.3 is 0 Å². The SMILES string of the molecule is Cc1nc(-c2ccccc2)c(C)c2c3ccsc3c3sccc3c12. The third kappa shape index (κ3) is 1.83. The van der Waals surface area contributed by atoms with Gasteiger partial charge in [0.05, 0.1) is 15.1 Å². The van der Waals surface area contributed by atoms with Gasteiger partial charge in [-0.15, -0.1) is 22.7 Å². The number of nitrogens with zero attached hydrogens (tertiary/aromatic N) is 1. The highest BCUT2D eigenvalue weighted by Gasteiger charge is 2.17. The summed E-state index contributed by atoms with van der Waals surface area (Å²) in [5.74, 6) is 0. The second-order valence-corrected chi connectivity index (χ2v) is 7.95. The van der Waals surface area contributed by atoms with E-state index in [2.05, 4.69) is 67.1 Å². The first kappa shape index (κ1) is 14.1. The Labute approximate surface area is 148 Å². The van der Waals surface area contributed by atoms with Gasteiger partial charge in [0.25, 0.3) is 0 Å². The predicted molar refractivity (Wildman–Crippen MR) is 107 cm³/mol. The maximum absolute atomic E-state index is 5.00. The zero-order chi connectivity index (χ0) is 16.3. The van der Waals surface area contributed by atoms with Gasteiger partial charge in [-0.2, -0.15) is 0 Å². The topological polar surface area (TPSA) is 12.9 Å². The van der Waals surface area contributed by atoms with Gasteiger partial charge in [-0.25, -0.2) is 0 Å². The lowest BCUT2D eigenvalue weighted by molar-refractivity contribution is 1.22. The number of aromatic nitrogens is 1. The molecule has 3 heteroatoms. The monoisotopic (exact) mass is 345 g/mol. The zero-order valence-electron chi connectivity index (χ0n) is 13.5. The molecule has 0 atom stereocenters. The van der Waals surface area contributed by atoms with Crippen LogP contribution in [-0.4, -0.2) is 4.98 Å². The summed E-state index contributed by atoms with van der Waals surface area (Å²) in [5.41, 5.74) is 4.68. The van der Waals surface area contributed by atoms with E-state index in [0.717, 1.165) is 11.4 Å². The number of hydrogen-bond acceptors (Lipinski definition) is 3. The van der Waals surface area contributed by atoms with Crippen LogP contribution in [0.4, 0.5) is 0 Å². The Morgan fingerprint density at radius 2 is 1.38 bits per heavy atom. The summed E-state index contributed by atoms with van der Waals surface area (Å²) in [6.45, 7) is 4.36. The molecule has 0 fully saturated rings. The van der Waals surface area contributed by atoms with E-state index in [-0.39, 0.29) is 0 Å². The molecular weight excluding hydrogens is 330 g/mol. The van der Waals surface area contributed by atoms with Crippen molar-refractivity contribution < 1.29 is 0 Å². The molecule has 5 aromatic rings. The predicted octanol–water partition coefficient (Wildman–Crippen LogP) is 6.95. The Morgan fingerprint density at radius 1 is 0.750 bits per heavy atom. The van der Waals surface area contributed by atoms with Crippen molar-refractivity contribution in [1.82, 2.24) is 4.98 Å². The van der Waals surface area contributed by atoms with E-state index in [9.17, 15) is 0 Å². The van der Waals surface area contributed by atoms with Gasteiger partial charge in [0.2, 0.25) is 0 Å². The van der Waals surface area contributed by atoms with Crippen molar-refractivity contribution in [2.45, 2.75) is 13.8 Å². The van der Waals surface area contributed by atoms with E-state index in [0.29, 0.717) is 0 Å². The molecule has 0 aliphatic carbocycles. The van der Waals surface area contributed by atoms with Crippen molar-refractivity contribution in [3.8, 4) is 11.3 Å². The highest BCUT2D eigenvalue weighted by atomic mass is 32.1. The fourth-order valence-corrected chi connectivity index (χ4v) is 5.70. The molecule has 1 nitrogen and oxygen atoms in total. The average molecular weight is 345 g/mol. The lowest BCUT2D eigenvalue weighted by Crippen LogP contribution is -1.95. The number of pyridine rings is 1. The quantitative estimate of drug-likeness (QED) is 0.320. The summed E-state index contributed by atoms with van der Waals surface area (Å²) in [6, 6.07) is 15.0. The van der Waals surface area contributed by atoms with E-state index in [1.165, 1.54) is 42.1 Å². The maximum atomic E-state index is 5.00. The van der Waals surface area contributed by atoms with Gasteiger partial charge in [-0.05, 0) is 47.7 Å². The zero-order valence-corrected chi connectivity index (χ0v) is 15.1. The van der Waals surface area contributed by atoms with Crippen LogP contribution < -0.4 is 0 Å². The van der Waals surface area contributed by atoms with Crippen molar-refractivity contribution in [2.75, 3.05) is 0 Å². The summed E-state index contributed by atoms with van der Waals surface area (Å²) in [4.78, 5) is 5.00. The molecule has 3 heterocycles. The molecule has 5 rings (SSSR count). The smallest absolute Gasteiger partial charge is 0.0740 e. The lowest BCUT2D eigenvalue weighted by atomic mass is 9.95. The maximum Gasteiger partial charge on any atom is 0.0740 e. The van der Waals surface area contributed by atoms with Gasteiger partial charge in [0.15, 0.2) is 0 Å². The Morgan fingerprint density at radius 3 is 2.04 bits per heavy atom. The van der Waals surface area contributed by atoms with Crippen LogP contribution in [0.3, 0.4) is 0 Å². The molecule has 116 valence electrons. The molecule has 24 heavy (non-hydrogen) atoms. The van der Waals surface area contributed by atoms with Crippen LogP contribution in [0.15, 0.2) is 53.2 Å². The van der Waals surface area contributed by atoms with Crippen LogP contribution in [0.5, 0.6) is 0 Å². The highest BCUT2D eigenvalue weighted by Crippen LogP contribution is 2.44. The second-order valence-electron chi connectivity index (χ2n) is 6.11. The van der Waals surface area contributed by atoms with E-state index in [1.54, 1.807) is 0 Å². The fraction of sp³-hybridized carbons (Fsp3) is 0.0952. The van der Waals surface area contributed by atoms with Gasteiger partial charge in [-0.3, -0.25) is 4.98 Å². The van der Waals surface area contributed by atoms with E-state index in [1.807, 2.05) is 22.7 Å². The Bertz CT molecular complexity index is 1210. The Hall–Kier alpha value is -2.23. The molecule has 0 aliphatic heterocycles. The minimum absolute atomic E-state index is 1.10. The average Bonchev–Trinajstić information content (AvgIpc) is 3.26. The van der Waals surface area contributed by atoms with E-state index < -0.39 is 0 Å². The van der Waals surface area contributed by atoms with Crippen LogP contribution in [0.25, 0.3) is 42.2 Å². The number of rotatable bonds is 1.